The minimum Gasteiger partial charge on any atom is -0.374 e. The lowest BCUT2D eigenvalue weighted by atomic mass is 9.85. The molecule has 1 atom stereocenters. The SMILES string of the molecule is CCNC(=NCC1(C(=O)N(C)C)CCCC1)NCC1CN(C)CCO1. The molecular weight excluding hydrogens is 318 g/mol. The van der Waals surface area contributed by atoms with Crippen LogP contribution in [0.4, 0.5) is 0 Å². The van der Waals surface area contributed by atoms with E-state index in [-0.39, 0.29) is 17.4 Å². The van der Waals surface area contributed by atoms with E-state index in [1.54, 1.807) is 4.90 Å². The molecule has 0 aromatic rings. The number of carbonyl (C=O) groups is 1. The Bertz CT molecular complexity index is 460. The van der Waals surface area contributed by atoms with Gasteiger partial charge < -0.3 is 25.2 Å². The van der Waals surface area contributed by atoms with Crippen molar-refractivity contribution in [2.24, 2.45) is 10.4 Å². The number of hydrogen-bond donors (Lipinski definition) is 2. The predicted molar refractivity (Wildman–Crippen MR) is 101 cm³/mol. The van der Waals surface area contributed by atoms with Gasteiger partial charge in [-0.2, -0.15) is 0 Å². The van der Waals surface area contributed by atoms with E-state index in [0.717, 1.165) is 64.4 Å². The van der Waals surface area contributed by atoms with E-state index in [2.05, 4.69) is 29.5 Å². The summed E-state index contributed by atoms with van der Waals surface area (Å²) in [4.78, 5) is 21.4. The monoisotopic (exact) mass is 353 g/mol. The molecule has 0 aromatic heterocycles. The Morgan fingerprint density at radius 3 is 2.64 bits per heavy atom. The number of rotatable bonds is 6. The van der Waals surface area contributed by atoms with Gasteiger partial charge in [0.2, 0.25) is 5.91 Å². The van der Waals surface area contributed by atoms with Crippen LogP contribution in [0.25, 0.3) is 0 Å². The first-order valence-electron chi connectivity index (χ1n) is 9.51. The maximum atomic E-state index is 12.7. The second-order valence-electron chi connectivity index (χ2n) is 7.52. The van der Waals surface area contributed by atoms with Gasteiger partial charge in [0.25, 0.3) is 0 Å². The summed E-state index contributed by atoms with van der Waals surface area (Å²) in [6.07, 6.45) is 4.27. The van der Waals surface area contributed by atoms with Gasteiger partial charge in [0.15, 0.2) is 5.96 Å². The van der Waals surface area contributed by atoms with E-state index in [1.807, 2.05) is 14.1 Å². The molecule has 2 rings (SSSR count). The Morgan fingerprint density at radius 2 is 2.04 bits per heavy atom. The number of guanidine groups is 1. The second-order valence-corrected chi connectivity index (χ2v) is 7.52. The van der Waals surface area contributed by atoms with Crippen LogP contribution >= 0.6 is 0 Å². The fraction of sp³-hybridized carbons (Fsp3) is 0.889. The summed E-state index contributed by atoms with van der Waals surface area (Å²) >= 11 is 0. The summed E-state index contributed by atoms with van der Waals surface area (Å²) in [6.45, 7) is 6.81. The van der Waals surface area contributed by atoms with Crippen LogP contribution in [0.1, 0.15) is 32.6 Å². The smallest absolute Gasteiger partial charge is 0.230 e. The van der Waals surface area contributed by atoms with E-state index < -0.39 is 0 Å². The number of aliphatic imine (C=N–C) groups is 1. The molecule has 2 aliphatic rings. The van der Waals surface area contributed by atoms with Gasteiger partial charge in [0.1, 0.15) is 0 Å². The molecule has 2 N–H and O–H groups in total. The van der Waals surface area contributed by atoms with Crippen LogP contribution in [0.15, 0.2) is 4.99 Å². The largest absolute Gasteiger partial charge is 0.374 e. The topological polar surface area (TPSA) is 69.2 Å². The highest BCUT2D eigenvalue weighted by Crippen LogP contribution is 2.39. The molecule has 1 unspecified atom stereocenters. The third-order valence-corrected chi connectivity index (χ3v) is 5.14. The Morgan fingerprint density at radius 1 is 1.32 bits per heavy atom. The van der Waals surface area contributed by atoms with Crippen LogP contribution in [-0.2, 0) is 9.53 Å². The molecule has 144 valence electrons. The molecule has 2 fully saturated rings. The number of ether oxygens (including phenoxy) is 1. The Balaban J connectivity index is 1.96. The number of nitrogens with zero attached hydrogens (tertiary/aromatic N) is 3. The minimum absolute atomic E-state index is 0.173. The van der Waals surface area contributed by atoms with Gasteiger partial charge in [-0.3, -0.25) is 9.79 Å². The molecule has 7 nitrogen and oxygen atoms in total. The zero-order valence-electron chi connectivity index (χ0n) is 16.3. The van der Waals surface area contributed by atoms with Crippen LogP contribution in [0.5, 0.6) is 0 Å². The van der Waals surface area contributed by atoms with Crippen LogP contribution < -0.4 is 10.6 Å². The van der Waals surface area contributed by atoms with Gasteiger partial charge in [-0.1, -0.05) is 12.8 Å². The van der Waals surface area contributed by atoms with Crippen LogP contribution in [0, 0.1) is 5.41 Å². The van der Waals surface area contributed by atoms with E-state index in [9.17, 15) is 4.79 Å². The Hall–Kier alpha value is -1.34. The summed E-state index contributed by atoms with van der Waals surface area (Å²) in [6, 6.07) is 0. The highest BCUT2D eigenvalue weighted by atomic mass is 16.5. The first kappa shape index (κ1) is 20.0. The van der Waals surface area contributed by atoms with E-state index in [4.69, 9.17) is 9.73 Å². The first-order valence-corrected chi connectivity index (χ1v) is 9.51. The molecule has 0 radical (unpaired) electrons. The predicted octanol–water partition coefficient (Wildman–Crippen LogP) is 0.521. The number of hydrogen-bond acceptors (Lipinski definition) is 4. The van der Waals surface area contributed by atoms with Gasteiger partial charge in [0, 0.05) is 40.3 Å². The van der Waals surface area contributed by atoms with Crippen molar-refractivity contribution in [1.29, 1.82) is 0 Å². The fourth-order valence-corrected chi connectivity index (χ4v) is 3.74. The van der Waals surface area contributed by atoms with Gasteiger partial charge in [-0.05, 0) is 26.8 Å². The zero-order valence-corrected chi connectivity index (χ0v) is 16.3. The van der Waals surface area contributed by atoms with Gasteiger partial charge >= 0.3 is 0 Å². The lowest BCUT2D eigenvalue weighted by Gasteiger charge is -2.31. The third-order valence-electron chi connectivity index (χ3n) is 5.14. The van der Waals surface area contributed by atoms with Crippen molar-refractivity contribution in [3.05, 3.63) is 0 Å². The van der Waals surface area contributed by atoms with Crippen molar-refractivity contribution in [2.75, 3.05) is 60.5 Å². The standard InChI is InChI=1S/C18H35N5O2/c1-5-19-17(20-12-15-13-23(4)10-11-25-15)21-14-18(8-6-7-9-18)16(24)22(2)3/h15H,5-14H2,1-4H3,(H2,19,20,21). The van der Waals surface area contributed by atoms with Crippen LogP contribution in [0.3, 0.4) is 0 Å². The van der Waals surface area contributed by atoms with Crippen LogP contribution in [-0.4, -0.2) is 88.2 Å². The number of nitrogens with one attached hydrogen (secondary N) is 2. The maximum absolute atomic E-state index is 12.7. The second kappa shape index (κ2) is 9.38. The molecule has 0 aromatic carbocycles. The highest BCUT2D eigenvalue weighted by molar-refractivity contribution is 5.84. The number of amides is 1. The van der Waals surface area contributed by atoms with Gasteiger partial charge in [-0.15, -0.1) is 0 Å². The molecule has 25 heavy (non-hydrogen) atoms. The molecule has 1 saturated heterocycles. The quantitative estimate of drug-likeness (QED) is 0.538. The number of carbonyl (C=O) groups excluding carboxylic acids is 1. The first-order chi connectivity index (χ1) is 12.0. The van der Waals surface area contributed by atoms with Crippen molar-refractivity contribution in [3.63, 3.8) is 0 Å². The summed E-state index contributed by atoms with van der Waals surface area (Å²) in [5, 5.41) is 6.67. The van der Waals surface area contributed by atoms with E-state index in [1.165, 1.54) is 0 Å². The molecule has 1 heterocycles. The summed E-state index contributed by atoms with van der Waals surface area (Å²) < 4.78 is 5.80. The molecule has 1 aliphatic carbocycles. The molecule has 0 bridgehead atoms. The molecule has 0 spiro atoms. The average Bonchev–Trinajstić information content (AvgIpc) is 3.06. The van der Waals surface area contributed by atoms with Crippen molar-refractivity contribution in [2.45, 2.75) is 38.7 Å². The normalized spacial score (nSPS) is 24.2. The van der Waals surface area contributed by atoms with Crippen molar-refractivity contribution >= 4 is 11.9 Å². The lowest BCUT2D eigenvalue weighted by molar-refractivity contribution is -0.138. The minimum atomic E-state index is -0.326. The summed E-state index contributed by atoms with van der Waals surface area (Å²) in [5.74, 6) is 0.985. The van der Waals surface area contributed by atoms with E-state index >= 15 is 0 Å². The zero-order chi connectivity index (χ0) is 18.3. The number of morpholine rings is 1. The van der Waals surface area contributed by atoms with Crippen molar-refractivity contribution in [3.8, 4) is 0 Å². The van der Waals surface area contributed by atoms with Crippen molar-refractivity contribution in [1.82, 2.24) is 20.4 Å². The summed E-state index contributed by atoms with van der Waals surface area (Å²) in [7, 11) is 5.80. The fourth-order valence-electron chi connectivity index (χ4n) is 3.74. The third kappa shape index (κ3) is 5.57. The Kier molecular flexibility index (Phi) is 7.50. The highest BCUT2D eigenvalue weighted by Gasteiger charge is 2.42. The van der Waals surface area contributed by atoms with Crippen LogP contribution in [0.2, 0.25) is 0 Å². The molecule has 1 saturated carbocycles. The number of likely N-dealkylation sites (N-methyl/N-ethyl adjacent to an activating group) is 1. The van der Waals surface area contributed by atoms with Gasteiger partial charge in [-0.25, -0.2) is 0 Å². The Labute approximate surface area is 152 Å². The molecule has 1 amide bonds. The molecule has 1 aliphatic heterocycles. The van der Waals surface area contributed by atoms with E-state index in [0.29, 0.717) is 6.54 Å². The lowest BCUT2D eigenvalue weighted by Crippen LogP contribution is -2.49. The van der Waals surface area contributed by atoms with Gasteiger partial charge in [0.05, 0.1) is 24.7 Å². The average molecular weight is 354 g/mol. The molecular formula is C18H35N5O2. The summed E-state index contributed by atoms with van der Waals surface area (Å²) in [5.41, 5.74) is -0.326. The molecule has 7 heteroatoms. The maximum Gasteiger partial charge on any atom is 0.230 e. The van der Waals surface area contributed by atoms with Crippen molar-refractivity contribution < 1.29 is 9.53 Å².